The molecule has 4 saturated heterocycles. The number of nitrogens with two attached hydrogens (primary N) is 4. The monoisotopic (exact) mass is 1810 g/mol. The summed E-state index contributed by atoms with van der Waals surface area (Å²) in [5.41, 5.74) is 26.1. The van der Waals surface area contributed by atoms with Crippen molar-refractivity contribution in [1.82, 2.24) is 87.6 Å². The standard InChI is InChI=1S/C86H119N21O21S/c1-6-8-20-64-78(120)94-46(3)73(115)102-63(74(116)93-42-70(90)111)44-129-45-71(112)95-59(34-47-24-26-50(108)27-25-47)84(126)105-32-14-22-65(105)79(121)100-61(38-69(89)110)85(127)106-33-15-23-66(106)80(122)101-62(39-88)77(119)97-57(28-29-72(113)114)83(125)107-43-51(109)37-68(107)81(123)98-58(35-48-40-91-54-18-12-10-16-52(48)54)76(118)96-56(30-31-87)75(117)99-60(36-49-41-92-55-19-13-11-17-53(49)55)82(124)104(5)67(21-9-7-2)86(128)103(64)4/h10-13,16-19,24-27,40-41,46,51,56-68,91-92,108-109H,6-9,14-15,20-23,28-39,42-45,87-88H2,1-5H3,(H2,89,110)(H2,90,111)(H,93,116)(H,94,120)(H,95,112)(H,96,118)(H,97,119)(H,98,123)(H,99,117)(H,100,121)(H,101,122)(H,102,115)(H,113,114)/t46-,51-,56-,57-,58-,59-,60-,61-,62-,63-,64-,65-,66-,67-,68-/m0/s1. The number of fused-ring (bicyclic) bond motifs is 5. The highest BCUT2D eigenvalue weighted by atomic mass is 32.2. The van der Waals surface area contributed by atoms with E-state index in [1.165, 1.54) is 55.1 Å². The summed E-state index contributed by atoms with van der Waals surface area (Å²) < 4.78 is 0. The summed E-state index contributed by atoms with van der Waals surface area (Å²) in [6, 6.07) is -1.91. The van der Waals surface area contributed by atoms with E-state index in [9.17, 15) is 72.9 Å². The van der Waals surface area contributed by atoms with Gasteiger partial charge in [-0.2, -0.15) is 0 Å². The van der Waals surface area contributed by atoms with Crippen molar-refractivity contribution >= 4 is 140 Å². The lowest BCUT2D eigenvalue weighted by atomic mass is 10.00. The minimum Gasteiger partial charge on any atom is -0.508 e. The molecule has 129 heavy (non-hydrogen) atoms. The maximum atomic E-state index is 15.7. The smallest absolute Gasteiger partial charge is 0.303 e. The average molecular weight is 1820 g/mol. The molecule has 5 aromatic rings. The Labute approximate surface area is 748 Å². The Morgan fingerprint density at radius 1 is 0.512 bits per heavy atom. The number of aromatic nitrogens is 2. The van der Waals surface area contributed by atoms with Gasteiger partial charge >= 0.3 is 5.97 Å². The first kappa shape index (κ1) is 100.0. The number of amides is 17. The zero-order valence-electron chi connectivity index (χ0n) is 72.8. The minimum atomic E-state index is -1.82. The highest BCUT2D eigenvalue weighted by Crippen LogP contribution is 2.29. The first-order valence-electron chi connectivity index (χ1n) is 43.3. The summed E-state index contributed by atoms with van der Waals surface area (Å²) in [6.45, 7) is 2.58. The van der Waals surface area contributed by atoms with E-state index in [0.29, 0.717) is 64.2 Å². The number of aliphatic carboxylic acids is 1. The number of carbonyl (C=O) groups excluding carboxylic acids is 17. The van der Waals surface area contributed by atoms with E-state index in [1.807, 2.05) is 13.8 Å². The second kappa shape index (κ2) is 47.3. The number of hydrogen-bond acceptors (Lipinski definition) is 23. The van der Waals surface area contributed by atoms with Crippen LogP contribution in [0.5, 0.6) is 5.75 Å². The van der Waals surface area contributed by atoms with Crippen molar-refractivity contribution < 1.29 is 102 Å². The Kier molecular flexibility index (Phi) is 36.7. The van der Waals surface area contributed by atoms with Crippen molar-refractivity contribution in [3.05, 3.63) is 102 Å². The Bertz CT molecular complexity index is 4910. The molecule has 700 valence electrons. The number of carbonyl (C=O) groups is 18. The predicted octanol–water partition coefficient (Wildman–Crippen LogP) is -3.86. The molecule has 9 rings (SSSR count). The van der Waals surface area contributed by atoms with Gasteiger partial charge in [0.1, 0.15) is 90.3 Å². The van der Waals surface area contributed by atoms with Gasteiger partial charge in [-0.25, -0.2) is 0 Å². The fourth-order valence-electron chi connectivity index (χ4n) is 16.5. The van der Waals surface area contributed by atoms with E-state index in [0.717, 1.165) is 26.5 Å². The van der Waals surface area contributed by atoms with Crippen LogP contribution in [0.4, 0.5) is 0 Å². The molecule has 0 spiro atoms. The third kappa shape index (κ3) is 26.9. The van der Waals surface area contributed by atoms with Gasteiger partial charge in [0.15, 0.2) is 0 Å². The van der Waals surface area contributed by atoms with E-state index in [4.69, 9.17) is 22.9 Å². The van der Waals surface area contributed by atoms with Crippen molar-refractivity contribution in [2.24, 2.45) is 22.9 Å². The number of carboxylic acids is 1. The molecule has 42 nitrogen and oxygen atoms in total. The van der Waals surface area contributed by atoms with Gasteiger partial charge in [0.2, 0.25) is 100 Å². The highest BCUT2D eigenvalue weighted by molar-refractivity contribution is 8.00. The molecular weight excluding hydrogens is 1700 g/mol. The maximum absolute atomic E-state index is 15.7. The topological polar surface area (TPSA) is 640 Å². The number of aliphatic hydroxyl groups excluding tert-OH is 1. The Morgan fingerprint density at radius 3 is 1.59 bits per heavy atom. The number of likely N-dealkylation sites (N-methyl/N-ethyl adjacent to an activating group) is 2. The van der Waals surface area contributed by atoms with Crippen molar-refractivity contribution in [3.8, 4) is 5.75 Å². The molecule has 6 heterocycles. The van der Waals surface area contributed by atoms with Gasteiger partial charge in [0.25, 0.3) is 0 Å². The minimum absolute atomic E-state index is 0.00714. The second-order valence-corrected chi connectivity index (χ2v) is 33.9. The van der Waals surface area contributed by atoms with Gasteiger partial charge in [0, 0.05) is 112 Å². The van der Waals surface area contributed by atoms with Crippen LogP contribution in [0.1, 0.15) is 134 Å². The van der Waals surface area contributed by atoms with Gasteiger partial charge in [-0.05, 0) is 106 Å². The maximum Gasteiger partial charge on any atom is 0.303 e. The van der Waals surface area contributed by atoms with Gasteiger partial charge in [0.05, 0.1) is 24.8 Å². The number of aromatic amines is 2. The molecule has 2 aromatic heterocycles. The van der Waals surface area contributed by atoms with Crippen LogP contribution in [0.3, 0.4) is 0 Å². The van der Waals surface area contributed by atoms with Gasteiger partial charge in [-0.3, -0.25) is 86.3 Å². The van der Waals surface area contributed by atoms with Crippen molar-refractivity contribution in [2.75, 3.05) is 64.9 Å². The molecule has 23 N–H and O–H groups in total. The number of primary amides is 2. The summed E-state index contributed by atoms with van der Waals surface area (Å²) in [5, 5.41) is 58.8. The molecule has 4 fully saturated rings. The van der Waals surface area contributed by atoms with Crippen LogP contribution in [0, 0.1) is 0 Å². The normalized spacial score (nSPS) is 25.8. The van der Waals surface area contributed by atoms with Crippen LogP contribution in [0.25, 0.3) is 21.8 Å². The number of benzene rings is 3. The van der Waals surface area contributed by atoms with Crippen LogP contribution < -0.4 is 76.1 Å². The van der Waals surface area contributed by atoms with Crippen molar-refractivity contribution in [3.63, 3.8) is 0 Å². The molecule has 17 amide bonds. The number of rotatable bonds is 23. The number of carboxylic acid groups (broad SMARTS) is 1. The SMILES string of the molecule is CCCC[C@H]1C(=O)N(C)[C@@H](CCCC)C(=O)N[C@@H](C)C(=O)N[C@H](C(=O)NCC(N)=O)CSCC(=O)N[C@@H](Cc2ccc(O)cc2)C(=O)N2CCC[C@H]2C(=O)N[C@@H](CC(N)=O)C(=O)N2CCC[C@H]2C(=O)N[C@@H](CN)C(=O)N[C@@H](CCC(=O)O)C(=O)N2C[C@@H](O)C[C@H]2C(=O)N[C@@H](Cc2c[nH]c3ccccc23)C(=O)N[C@@H](CCN)C(=O)N[C@@H](Cc2c[nH]c3ccccc23)C(=O)N1C. The van der Waals surface area contributed by atoms with Crippen molar-refractivity contribution in [2.45, 2.75) is 227 Å². The molecule has 3 aromatic carbocycles. The van der Waals surface area contributed by atoms with Crippen molar-refractivity contribution in [1.29, 1.82) is 0 Å². The summed E-state index contributed by atoms with van der Waals surface area (Å²) in [4.78, 5) is 271. The number of nitrogens with zero attached hydrogens (tertiary/aromatic N) is 5. The molecule has 0 bridgehead atoms. The molecule has 0 radical (unpaired) electrons. The fraction of sp³-hybridized carbons (Fsp3) is 0.535. The van der Waals surface area contributed by atoms with E-state index >= 15 is 28.8 Å². The molecule has 15 atom stereocenters. The fourth-order valence-corrected chi connectivity index (χ4v) is 17.3. The zero-order chi connectivity index (χ0) is 94.0. The number of phenolic OH excluding ortho intramolecular Hbond substituents is 1. The van der Waals surface area contributed by atoms with Crippen LogP contribution in [-0.2, 0) is 106 Å². The van der Waals surface area contributed by atoms with Crippen LogP contribution >= 0.6 is 11.8 Å². The Morgan fingerprint density at radius 2 is 1.02 bits per heavy atom. The van der Waals surface area contributed by atoms with E-state index in [2.05, 4.69) is 63.1 Å². The zero-order valence-corrected chi connectivity index (χ0v) is 73.6. The average Bonchev–Trinajstić information content (AvgIpc) is 1.52. The number of H-pyrrole nitrogens is 2. The van der Waals surface area contributed by atoms with E-state index in [1.54, 1.807) is 60.9 Å². The largest absolute Gasteiger partial charge is 0.508 e. The number of unbranched alkanes of at least 4 members (excludes halogenated alkanes) is 2. The number of thioether (sulfide) groups is 1. The molecule has 0 unspecified atom stereocenters. The highest BCUT2D eigenvalue weighted by Gasteiger charge is 2.47. The number of aliphatic hydroxyl groups is 1. The van der Waals surface area contributed by atoms with Crippen LogP contribution in [0.2, 0.25) is 0 Å². The Hall–Kier alpha value is -12.8. The quantitative estimate of drug-likeness (QED) is 0.0298. The Balaban J connectivity index is 1.07. The van der Waals surface area contributed by atoms with E-state index in [-0.39, 0.29) is 89.6 Å². The summed E-state index contributed by atoms with van der Waals surface area (Å²) in [6.07, 6.45) is 0.161. The van der Waals surface area contributed by atoms with E-state index < -0.39 is 254 Å². The summed E-state index contributed by atoms with van der Waals surface area (Å²) in [7, 11) is 2.73. The molecule has 4 aliphatic rings. The first-order chi connectivity index (χ1) is 61.5. The van der Waals surface area contributed by atoms with Gasteiger partial charge in [-0.15, -0.1) is 11.8 Å². The molecule has 0 saturated carbocycles. The van der Waals surface area contributed by atoms with Gasteiger partial charge in [-0.1, -0.05) is 88.1 Å². The molecular formula is C86H119N21O21S. The number of para-hydroxylation sites is 2. The lowest BCUT2D eigenvalue weighted by Crippen LogP contribution is -2.61. The summed E-state index contributed by atoms with van der Waals surface area (Å²) in [5.74, 6) is -18.5. The van der Waals surface area contributed by atoms with Gasteiger partial charge < -0.3 is 126 Å². The lowest BCUT2D eigenvalue weighted by Gasteiger charge is -2.36. The summed E-state index contributed by atoms with van der Waals surface area (Å²) >= 11 is 0.790. The first-order valence-corrected chi connectivity index (χ1v) is 44.5. The third-order valence-electron chi connectivity index (χ3n) is 23.5. The molecule has 4 aliphatic heterocycles. The second-order valence-electron chi connectivity index (χ2n) is 32.9. The number of aromatic hydroxyl groups is 1. The third-order valence-corrected chi connectivity index (χ3v) is 24.5. The number of phenols is 1. The van der Waals surface area contributed by atoms with Crippen LogP contribution in [0.15, 0.2) is 85.2 Å². The predicted molar refractivity (Wildman–Crippen MR) is 470 cm³/mol. The number of nitrogens with one attached hydrogen (secondary N) is 12. The molecule has 43 heteroatoms. The molecule has 0 aliphatic carbocycles. The lowest BCUT2D eigenvalue weighted by molar-refractivity contribution is -0.149. The number of hydrogen-bond donors (Lipinski definition) is 19. The van der Waals surface area contributed by atoms with Crippen LogP contribution in [-0.4, -0.2) is 312 Å².